The zero-order chi connectivity index (χ0) is 12.3. The van der Waals surface area contributed by atoms with Gasteiger partial charge in [0.25, 0.3) is 0 Å². The minimum Gasteiger partial charge on any atom is -0.379 e. The summed E-state index contributed by atoms with van der Waals surface area (Å²) in [5.41, 5.74) is 0. The molecule has 1 fully saturated rings. The summed E-state index contributed by atoms with van der Waals surface area (Å²) in [5.74, 6) is 0.316. The summed E-state index contributed by atoms with van der Waals surface area (Å²) in [6.45, 7) is 1.06. The molecule has 2 atom stereocenters. The number of nitrogens with zero attached hydrogens (tertiary/aromatic N) is 3. The topological polar surface area (TPSA) is 70.8 Å². The number of ether oxygens (including phenoxy) is 1. The molecule has 1 aliphatic rings. The van der Waals surface area contributed by atoms with E-state index < -0.39 is 0 Å². The maximum Gasteiger partial charge on any atom is 0.224 e. The number of halogens is 2. The minimum absolute atomic E-state index is 0.113. The zero-order valence-electron chi connectivity index (χ0n) is 8.86. The lowest BCUT2D eigenvalue weighted by molar-refractivity contribution is 0.0698. The standard InChI is InChI=1S/C10H10Cl2N4O/c11-7-4-14-10(12)16-9(7)15-8-5-17-2-1-6(8)3-13/h4,6,8H,1-2,5H2,(H,14,15,16)/t6-,8+/m0/s1. The van der Waals surface area contributed by atoms with Gasteiger partial charge in [-0.3, -0.25) is 0 Å². The number of nitrogens with one attached hydrogen (secondary N) is 1. The molecule has 0 spiro atoms. The van der Waals surface area contributed by atoms with Crippen molar-refractivity contribution in [3.8, 4) is 6.07 Å². The Balaban J connectivity index is 2.14. The van der Waals surface area contributed by atoms with Gasteiger partial charge in [0.15, 0.2) is 0 Å². The zero-order valence-corrected chi connectivity index (χ0v) is 10.4. The van der Waals surface area contributed by atoms with E-state index in [1.807, 2.05) is 0 Å². The Morgan fingerprint density at radius 3 is 3.12 bits per heavy atom. The van der Waals surface area contributed by atoms with Crippen molar-refractivity contribution in [2.75, 3.05) is 18.5 Å². The van der Waals surface area contributed by atoms with Crippen LogP contribution in [0.2, 0.25) is 10.3 Å². The summed E-state index contributed by atoms with van der Waals surface area (Å²) in [6.07, 6.45) is 2.12. The van der Waals surface area contributed by atoms with Crippen molar-refractivity contribution >= 4 is 29.0 Å². The summed E-state index contributed by atoms with van der Waals surface area (Å²) in [5, 5.41) is 12.6. The summed E-state index contributed by atoms with van der Waals surface area (Å²) >= 11 is 11.6. The molecule has 2 rings (SSSR count). The Bertz CT molecular complexity index is 448. The molecule has 1 N–H and O–H groups in total. The summed E-state index contributed by atoms with van der Waals surface area (Å²) in [7, 11) is 0. The fourth-order valence-corrected chi connectivity index (χ4v) is 1.94. The first kappa shape index (κ1) is 12.4. The van der Waals surface area contributed by atoms with Crippen LogP contribution >= 0.6 is 23.2 Å². The Morgan fingerprint density at radius 1 is 1.53 bits per heavy atom. The number of hydrogen-bond donors (Lipinski definition) is 1. The van der Waals surface area contributed by atoms with Crippen molar-refractivity contribution in [1.29, 1.82) is 5.26 Å². The highest BCUT2D eigenvalue weighted by molar-refractivity contribution is 6.33. The van der Waals surface area contributed by atoms with E-state index >= 15 is 0 Å². The number of nitriles is 1. The molecule has 1 aromatic rings. The van der Waals surface area contributed by atoms with Crippen molar-refractivity contribution in [2.24, 2.45) is 5.92 Å². The fraction of sp³-hybridized carbons (Fsp3) is 0.500. The SMILES string of the molecule is N#C[C@@H]1CCOC[C@H]1Nc1nc(Cl)ncc1Cl. The predicted molar refractivity (Wildman–Crippen MR) is 64.0 cm³/mol. The average molecular weight is 273 g/mol. The van der Waals surface area contributed by atoms with Gasteiger partial charge in [-0.15, -0.1) is 0 Å². The smallest absolute Gasteiger partial charge is 0.224 e. The second-order valence-electron chi connectivity index (χ2n) is 3.69. The molecule has 1 aromatic heterocycles. The number of aromatic nitrogens is 2. The van der Waals surface area contributed by atoms with Crippen LogP contribution in [0.4, 0.5) is 5.82 Å². The van der Waals surface area contributed by atoms with Crippen LogP contribution in [0, 0.1) is 17.2 Å². The van der Waals surface area contributed by atoms with Crippen molar-refractivity contribution in [3.63, 3.8) is 0 Å². The molecule has 5 nitrogen and oxygen atoms in total. The molecular formula is C10H10Cl2N4O. The van der Waals surface area contributed by atoms with Crippen molar-refractivity contribution in [1.82, 2.24) is 9.97 Å². The Kier molecular flexibility index (Phi) is 4.00. The highest BCUT2D eigenvalue weighted by Crippen LogP contribution is 2.24. The van der Waals surface area contributed by atoms with E-state index in [0.717, 1.165) is 0 Å². The molecule has 0 aliphatic carbocycles. The summed E-state index contributed by atoms with van der Waals surface area (Å²) < 4.78 is 5.32. The molecule has 0 radical (unpaired) electrons. The third kappa shape index (κ3) is 2.97. The molecule has 0 amide bonds. The van der Waals surface area contributed by atoms with E-state index in [1.165, 1.54) is 6.20 Å². The summed E-state index contributed by atoms with van der Waals surface area (Å²) in [6, 6.07) is 2.12. The molecular weight excluding hydrogens is 263 g/mol. The third-order valence-corrected chi connectivity index (χ3v) is 3.02. The highest BCUT2D eigenvalue weighted by atomic mass is 35.5. The second-order valence-corrected chi connectivity index (χ2v) is 4.43. The van der Waals surface area contributed by atoms with Crippen LogP contribution in [0.5, 0.6) is 0 Å². The van der Waals surface area contributed by atoms with Crippen molar-refractivity contribution in [3.05, 3.63) is 16.5 Å². The predicted octanol–water partition coefficient (Wildman–Crippen LogP) is 2.12. The third-order valence-electron chi connectivity index (χ3n) is 2.56. The van der Waals surface area contributed by atoms with Crippen LogP contribution in [0.1, 0.15) is 6.42 Å². The molecule has 0 saturated carbocycles. The molecule has 7 heteroatoms. The minimum atomic E-state index is -0.128. The molecule has 90 valence electrons. The van der Waals surface area contributed by atoms with E-state index in [4.69, 9.17) is 33.2 Å². The van der Waals surface area contributed by atoms with Crippen molar-refractivity contribution in [2.45, 2.75) is 12.5 Å². The van der Waals surface area contributed by atoms with E-state index in [2.05, 4.69) is 21.4 Å². The van der Waals surface area contributed by atoms with E-state index in [-0.39, 0.29) is 17.2 Å². The van der Waals surface area contributed by atoms with Crippen LogP contribution in [-0.2, 0) is 4.74 Å². The fourth-order valence-electron chi connectivity index (χ4n) is 1.66. The van der Waals surface area contributed by atoms with Gasteiger partial charge in [-0.25, -0.2) is 4.98 Å². The maximum absolute atomic E-state index is 9.03. The number of anilines is 1. The van der Waals surface area contributed by atoms with Gasteiger partial charge in [0, 0.05) is 6.61 Å². The van der Waals surface area contributed by atoms with Gasteiger partial charge in [-0.05, 0) is 18.0 Å². The van der Waals surface area contributed by atoms with Crippen LogP contribution in [0.3, 0.4) is 0 Å². The molecule has 1 aliphatic heterocycles. The van der Waals surface area contributed by atoms with E-state index in [9.17, 15) is 0 Å². The van der Waals surface area contributed by atoms with Gasteiger partial charge in [-0.1, -0.05) is 11.6 Å². The first-order chi connectivity index (χ1) is 8.20. The molecule has 1 saturated heterocycles. The lowest BCUT2D eigenvalue weighted by atomic mass is 9.96. The quantitative estimate of drug-likeness (QED) is 0.836. The monoisotopic (exact) mass is 272 g/mol. The Hall–Kier alpha value is -1.09. The summed E-state index contributed by atoms with van der Waals surface area (Å²) in [4.78, 5) is 7.74. The second kappa shape index (κ2) is 5.50. The van der Waals surface area contributed by atoms with Gasteiger partial charge in [0.1, 0.15) is 10.8 Å². The first-order valence-corrected chi connectivity index (χ1v) is 5.88. The Labute approximate surface area is 109 Å². The molecule has 0 unspecified atom stereocenters. The highest BCUT2D eigenvalue weighted by Gasteiger charge is 2.26. The lowest BCUT2D eigenvalue weighted by Crippen LogP contribution is -2.38. The number of rotatable bonds is 2. The first-order valence-electron chi connectivity index (χ1n) is 5.12. The molecule has 17 heavy (non-hydrogen) atoms. The lowest BCUT2D eigenvalue weighted by Gasteiger charge is -2.28. The van der Waals surface area contributed by atoms with Crippen LogP contribution in [-0.4, -0.2) is 29.2 Å². The maximum atomic E-state index is 9.03. The average Bonchev–Trinajstić information content (AvgIpc) is 2.34. The van der Waals surface area contributed by atoms with Crippen molar-refractivity contribution < 1.29 is 4.74 Å². The largest absolute Gasteiger partial charge is 0.379 e. The normalized spacial score (nSPS) is 24.1. The van der Waals surface area contributed by atoms with E-state index in [0.29, 0.717) is 30.5 Å². The Morgan fingerprint density at radius 2 is 2.35 bits per heavy atom. The van der Waals surface area contributed by atoms with Crippen LogP contribution < -0.4 is 5.32 Å². The van der Waals surface area contributed by atoms with Gasteiger partial charge >= 0.3 is 0 Å². The molecule has 0 aromatic carbocycles. The number of hydrogen-bond acceptors (Lipinski definition) is 5. The van der Waals surface area contributed by atoms with E-state index in [1.54, 1.807) is 0 Å². The van der Waals surface area contributed by atoms with Gasteiger partial charge in [0.2, 0.25) is 5.28 Å². The van der Waals surface area contributed by atoms with Gasteiger partial charge in [-0.2, -0.15) is 10.2 Å². The van der Waals surface area contributed by atoms with Gasteiger partial charge in [0.05, 0.1) is 30.8 Å². The van der Waals surface area contributed by atoms with Gasteiger partial charge < -0.3 is 10.1 Å². The van der Waals surface area contributed by atoms with Crippen LogP contribution in [0.25, 0.3) is 0 Å². The molecule has 2 heterocycles. The molecule has 0 bridgehead atoms. The van der Waals surface area contributed by atoms with Crippen LogP contribution in [0.15, 0.2) is 6.20 Å².